The predicted octanol–water partition coefficient (Wildman–Crippen LogP) is 2.06. The fourth-order valence-corrected chi connectivity index (χ4v) is 3.30. The molecule has 0 spiro atoms. The first-order valence-electron chi connectivity index (χ1n) is 6.68. The lowest BCUT2D eigenvalue weighted by atomic mass is 10.0. The molecule has 18 heavy (non-hydrogen) atoms. The normalized spacial score (nSPS) is 35.8. The highest BCUT2D eigenvalue weighted by atomic mass is 35.5. The second kappa shape index (κ2) is 4.74. The van der Waals surface area contributed by atoms with E-state index >= 15 is 0 Å². The highest BCUT2D eigenvalue weighted by molar-refractivity contribution is 6.69. The Bertz CT molecular complexity index is 395. The summed E-state index contributed by atoms with van der Waals surface area (Å²) in [5.74, 6) is 0.904. The standard InChI is InChI=1S/C13H20ClN3O/c1-8-12(14)15-7-17(2)13(8)18-11-5-9-3-4-10(6-11)16-9/h9-11,16H,3-7H2,1-2H3. The lowest BCUT2D eigenvalue weighted by molar-refractivity contribution is 0.0269. The van der Waals surface area contributed by atoms with E-state index in [0.717, 1.165) is 24.3 Å². The number of allylic oxidation sites excluding steroid dienone is 1. The third-order valence-corrected chi connectivity index (χ3v) is 4.51. The summed E-state index contributed by atoms with van der Waals surface area (Å²) in [7, 11) is 2.00. The van der Waals surface area contributed by atoms with Crippen molar-refractivity contribution in [3.8, 4) is 0 Å². The Balaban J connectivity index is 1.72. The maximum atomic E-state index is 6.21. The SMILES string of the molecule is CC1=C(OC2CC3CCC(C2)N3)N(C)CN=C1Cl. The van der Waals surface area contributed by atoms with Crippen molar-refractivity contribution in [1.29, 1.82) is 0 Å². The fourth-order valence-electron chi connectivity index (χ4n) is 3.16. The number of hydrogen-bond donors (Lipinski definition) is 1. The number of ether oxygens (including phenoxy) is 1. The number of rotatable bonds is 2. The molecule has 0 amide bonds. The summed E-state index contributed by atoms with van der Waals surface area (Å²) in [6.07, 6.45) is 5.12. The van der Waals surface area contributed by atoms with Gasteiger partial charge in [-0.05, 0) is 32.6 Å². The Morgan fingerprint density at radius 3 is 2.67 bits per heavy atom. The largest absolute Gasteiger partial charge is 0.475 e. The van der Waals surface area contributed by atoms with Crippen LogP contribution in [-0.4, -0.2) is 42.0 Å². The van der Waals surface area contributed by atoms with Crippen LogP contribution in [0, 0.1) is 0 Å². The number of nitrogens with zero attached hydrogens (tertiary/aromatic N) is 2. The van der Waals surface area contributed by atoms with Crippen LogP contribution in [0.15, 0.2) is 16.4 Å². The molecular formula is C13H20ClN3O. The summed E-state index contributed by atoms with van der Waals surface area (Å²) in [5.41, 5.74) is 0.955. The molecule has 2 atom stereocenters. The molecule has 3 heterocycles. The molecule has 0 radical (unpaired) electrons. The van der Waals surface area contributed by atoms with Crippen LogP contribution in [0.25, 0.3) is 0 Å². The second-order valence-corrected chi connectivity index (χ2v) is 5.93. The average molecular weight is 270 g/mol. The zero-order valence-electron chi connectivity index (χ0n) is 10.9. The molecule has 4 nitrogen and oxygen atoms in total. The average Bonchev–Trinajstić information content (AvgIpc) is 2.69. The van der Waals surface area contributed by atoms with Gasteiger partial charge in [0.05, 0.1) is 0 Å². The zero-order chi connectivity index (χ0) is 12.7. The molecule has 0 aliphatic carbocycles. The van der Waals surface area contributed by atoms with Crippen LogP contribution >= 0.6 is 11.6 Å². The topological polar surface area (TPSA) is 36.9 Å². The van der Waals surface area contributed by atoms with Crippen LogP contribution in [-0.2, 0) is 4.74 Å². The van der Waals surface area contributed by atoms with E-state index in [1.165, 1.54) is 12.8 Å². The van der Waals surface area contributed by atoms with Crippen LogP contribution in [0.5, 0.6) is 0 Å². The summed E-state index contributed by atoms with van der Waals surface area (Å²) < 4.78 is 6.21. The van der Waals surface area contributed by atoms with Gasteiger partial charge >= 0.3 is 0 Å². The molecule has 0 aromatic rings. The molecule has 2 unspecified atom stereocenters. The van der Waals surface area contributed by atoms with Crippen LogP contribution in [0.4, 0.5) is 0 Å². The summed E-state index contributed by atoms with van der Waals surface area (Å²) in [4.78, 5) is 6.27. The van der Waals surface area contributed by atoms with Crippen molar-refractivity contribution in [3.63, 3.8) is 0 Å². The minimum Gasteiger partial charge on any atom is -0.475 e. The van der Waals surface area contributed by atoms with Gasteiger partial charge in [-0.15, -0.1) is 0 Å². The minimum absolute atomic E-state index is 0.318. The molecule has 3 aliphatic heterocycles. The van der Waals surface area contributed by atoms with Crippen molar-refractivity contribution >= 4 is 16.8 Å². The molecule has 0 saturated carbocycles. The van der Waals surface area contributed by atoms with Gasteiger partial charge in [-0.2, -0.15) is 0 Å². The Labute approximate surface area is 113 Å². The number of nitrogens with one attached hydrogen (secondary N) is 1. The van der Waals surface area contributed by atoms with E-state index in [9.17, 15) is 0 Å². The van der Waals surface area contributed by atoms with Crippen molar-refractivity contribution in [1.82, 2.24) is 10.2 Å². The summed E-state index contributed by atoms with van der Waals surface area (Å²) in [5, 5.41) is 4.21. The maximum absolute atomic E-state index is 6.21. The number of hydrogen-bond acceptors (Lipinski definition) is 4. The van der Waals surface area contributed by atoms with Crippen LogP contribution in [0.3, 0.4) is 0 Å². The highest BCUT2D eigenvalue weighted by Crippen LogP contribution is 2.31. The van der Waals surface area contributed by atoms with Gasteiger partial charge in [-0.3, -0.25) is 4.99 Å². The first-order valence-corrected chi connectivity index (χ1v) is 7.06. The van der Waals surface area contributed by atoms with E-state index in [-0.39, 0.29) is 0 Å². The lowest BCUT2D eigenvalue weighted by Gasteiger charge is -2.34. The maximum Gasteiger partial charge on any atom is 0.196 e. The molecule has 3 rings (SSSR count). The molecule has 100 valence electrons. The minimum atomic E-state index is 0.318. The van der Waals surface area contributed by atoms with Gasteiger partial charge in [-0.25, -0.2) is 0 Å². The summed E-state index contributed by atoms with van der Waals surface area (Å²) >= 11 is 6.09. The quantitative estimate of drug-likeness (QED) is 0.834. The first-order chi connectivity index (χ1) is 8.63. The van der Waals surface area contributed by atoms with Crippen LogP contribution < -0.4 is 5.32 Å². The Morgan fingerprint density at radius 1 is 1.33 bits per heavy atom. The molecular weight excluding hydrogens is 250 g/mol. The van der Waals surface area contributed by atoms with Crippen molar-refractivity contribution < 1.29 is 4.74 Å². The van der Waals surface area contributed by atoms with E-state index in [1.54, 1.807) is 0 Å². The molecule has 0 aromatic carbocycles. The number of piperidine rings is 1. The van der Waals surface area contributed by atoms with Gasteiger partial charge in [0.2, 0.25) is 0 Å². The van der Waals surface area contributed by atoms with Crippen molar-refractivity contribution in [3.05, 3.63) is 11.5 Å². The third-order valence-electron chi connectivity index (χ3n) is 4.11. The van der Waals surface area contributed by atoms with E-state index < -0.39 is 0 Å². The Morgan fingerprint density at radius 2 is 2.00 bits per heavy atom. The number of fused-ring (bicyclic) bond motifs is 2. The van der Waals surface area contributed by atoms with Crippen LogP contribution in [0.2, 0.25) is 0 Å². The molecule has 2 saturated heterocycles. The monoisotopic (exact) mass is 269 g/mol. The smallest absolute Gasteiger partial charge is 0.196 e. The molecule has 2 bridgehead atoms. The van der Waals surface area contributed by atoms with E-state index in [1.807, 2.05) is 18.9 Å². The third kappa shape index (κ3) is 2.24. The van der Waals surface area contributed by atoms with E-state index in [2.05, 4.69) is 10.3 Å². The van der Waals surface area contributed by atoms with Crippen LogP contribution in [0.1, 0.15) is 32.6 Å². The van der Waals surface area contributed by atoms with E-state index in [4.69, 9.17) is 16.3 Å². The molecule has 2 fully saturated rings. The Hall–Kier alpha value is -0.740. The first kappa shape index (κ1) is 12.3. The van der Waals surface area contributed by atoms with Gasteiger partial charge < -0.3 is 15.0 Å². The highest BCUT2D eigenvalue weighted by Gasteiger charge is 2.35. The van der Waals surface area contributed by atoms with Gasteiger partial charge in [0.15, 0.2) is 5.88 Å². The predicted molar refractivity (Wildman–Crippen MR) is 72.7 cm³/mol. The van der Waals surface area contributed by atoms with Crippen molar-refractivity contribution in [2.24, 2.45) is 4.99 Å². The lowest BCUT2D eigenvalue weighted by Crippen LogP contribution is -2.42. The number of halogens is 1. The molecule has 1 N–H and O–H groups in total. The molecule has 3 aliphatic rings. The van der Waals surface area contributed by atoms with Gasteiger partial charge in [0.25, 0.3) is 0 Å². The summed E-state index contributed by atoms with van der Waals surface area (Å²) in [6, 6.07) is 1.29. The Kier molecular flexibility index (Phi) is 3.24. The zero-order valence-corrected chi connectivity index (χ0v) is 11.7. The number of aliphatic imine (C=N–C) groups is 1. The van der Waals surface area contributed by atoms with Crippen molar-refractivity contribution in [2.75, 3.05) is 13.7 Å². The molecule has 0 aromatic heterocycles. The molecule has 5 heteroatoms. The van der Waals surface area contributed by atoms with Crippen molar-refractivity contribution in [2.45, 2.75) is 50.8 Å². The van der Waals surface area contributed by atoms with E-state index in [0.29, 0.717) is 30.0 Å². The van der Waals surface area contributed by atoms with Gasteiger partial charge in [-0.1, -0.05) is 11.6 Å². The fraction of sp³-hybridized carbons (Fsp3) is 0.769. The van der Waals surface area contributed by atoms with Gasteiger partial charge in [0, 0.05) is 24.7 Å². The summed E-state index contributed by atoms with van der Waals surface area (Å²) in [6.45, 7) is 2.57. The second-order valence-electron chi connectivity index (χ2n) is 5.57. The van der Waals surface area contributed by atoms with Gasteiger partial charge in [0.1, 0.15) is 17.9 Å².